The Hall–Kier alpha value is -2.70. The second kappa shape index (κ2) is 9.27. The average molecular weight is 450 g/mol. The van der Waals surface area contributed by atoms with Gasteiger partial charge in [0.1, 0.15) is 0 Å². The second-order valence-corrected chi connectivity index (χ2v) is 10.2. The molecule has 176 valence electrons. The first kappa shape index (κ1) is 23.5. The summed E-state index contributed by atoms with van der Waals surface area (Å²) in [7, 11) is 1.99. The summed E-state index contributed by atoms with van der Waals surface area (Å²) in [6, 6.07) is 12.3. The number of benzene rings is 2. The molecule has 0 radical (unpaired) electrons. The molecule has 1 saturated carbocycles. The van der Waals surface area contributed by atoms with Gasteiger partial charge in [0.2, 0.25) is 0 Å². The molecule has 0 saturated heterocycles. The number of nitrogens with one attached hydrogen (secondary N) is 1. The summed E-state index contributed by atoms with van der Waals surface area (Å²) in [5.74, 6) is 0.172. The van der Waals surface area contributed by atoms with Crippen LogP contribution in [0.25, 0.3) is 0 Å². The van der Waals surface area contributed by atoms with Crippen molar-refractivity contribution in [2.24, 2.45) is 5.41 Å². The van der Waals surface area contributed by atoms with Gasteiger partial charge in [-0.25, -0.2) is 0 Å². The highest BCUT2D eigenvalue weighted by Crippen LogP contribution is 2.39. The molecular weight excluding hydrogens is 414 g/mol. The SMILES string of the molecule is Cc1ccc(C(=O)NC2CC2)cc1N(CCN(C)CCO)c1ccc2c(c1)CC(C)(C)C2=O. The molecule has 1 fully saturated rings. The Labute approximate surface area is 196 Å². The van der Waals surface area contributed by atoms with Crippen molar-refractivity contribution in [2.45, 2.75) is 46.1 Å². The number of hydrogen-bond donors (Lipinski definition) is 2. The number of fused-ring (bicyclic) bond motifs is 1. The van der Waals surface area contributed by atoms with Crippen LogP contribution in [0.5, 0.6) is 0 Å². The van der Waals surface area contributed by atoms with Crippen molar-refractivity contribution in [3.8, 4) is 0 Å². The highest BCUT2D eigenvalue weighted by molar-refractivity contribution is 6.05. The third-order valence-electron chi connectivity index (χ3n) is 6.75. The Morgan fingerprint density at radius 1 is 1.12 bits per heavy atom. The molecule has 2 aliphatic rings. The molecule has 2 aliphatic carbocycles. The van der Waals surface area contributed by atoms with E-state index in [4.69, 9.17) is 0 Å². The van der Waals surface area contributed by atoms with Crippen LogP contribution in [0.4, 0.5) is 11.4 Å². The molecule has 0 aliphatic heterocycles. The average Bonchev–Trinajstić information content (AvgIpc) is 3.54. The van der Waals surface area contributed by atoms with Gasteiger partial charge in [0.05, 0.1) is 6.61 Å². The molecule has 4 rings (SSSR count). The van der Waals surface area contributed by atoms with Crippen molar-refractivity contribution in [3.05, 3.63) is 58.7 Å². The molecule has 0 unspecified atom stereocenters. The van der Waals surface area contributed by atoms with Gasteiger partial charge >= 0.3 is 0 Å². The molecule has 0 heterocycles. The topological polar surface area (TPSA) is 72.9 Å². The first-order chi connectivity index (χ1) is 15.7. The summed E-state index contributed by atoms with van der Waals surface area (Å²) in [5, 5.41) is 12.4. The Morgan fingerprint density at radius 3 is 2.58 bits per heavy atom. The Morgan fingerprint density at radius 2 is 1.88 bits per heavy atom. The number of rotatable bonds is 9. The molecule has 2 N–H and O–H groups in total. The minimum Gasteiger partial charge on any atom is -0.395 e. The first-order valence-corrected chi connectivity index (χ1v) is 11.9. The number of aryl methyl sites for hydroxylation is 1. The highest BCUT2D eigenvalue weighted by atomic mass is 16.3. The largest absolute Gasteiger partial charge is 0.395 e. The van der Waals surface area contributed by atoms with Gasteiger partial charge in [-0.2, -0.15) is 0 Å². The molecule has 2 aromatic carbocycles. The molecule has 1 amide bonds. The standard InChI is InChI=1S/C27H35N3O3/c1-18-5-6-19(26(33)28-21-7-8-21)16-24(18)30(12-11-29(4)13-14-31)22-9-10-23-20(15-22)17-27(2,3)25(23)32/h5-6,9-10,15-16,21,31H,7-8,11-14,17H2,1-4H3,(H,28,33). The third-order valence-corrected chi connectivity index (χ3v) is 6.75. The van der Waals surface area contributed by atoms with Gasteiger partial charge in [-0.05, 0) is 74.7 Å². The molecule has 0 aromatic heterocycles. The summed E-state index contributed by atoms with van der Waals surface area (Å²) in [6.07, 6.45) is 2.84. The molecule has 33 heavy (non-hydrogen) atoms. The van der Waals surface area contributed by atoms with E-state index >= 15 is 0 Å². The van der Waals surface area contributed by atoms with Gasteiger partial charge in [0.25, 0.3) is 5.91 Å². The van der Waals surface area contributed by atoms with Crippen molar-refractivity contribution in [2.75, 3.05) is 38.2 Å². The molecule has 2 aromatic rings. The van der Waals surface area contributed by atoms with E-state index in [1.807, 2.05) is 51.2 Å². The van der Waals surface area contributed by atoms with E-state index in [1.54, 1.807) is 0 Å². The van der Waals surface area contributed by atoms with Crippen LogP contribution in [0.1, 0.15) is 58.5 Å². The number of nitrogens with zero attached hydrogens (tertiary/aromatic N) is 2. The number of hydrogen-bond acceptors (Lipinski definition) is 5. The summed E-state index contributed by atoms with van der Waals surface area (Å²) < 4.78 is 0. The molecule has 6 heteroatoms. The fourth-order valence-electron chi connectivity index (χ4n) is 4.52. The second-order valence-electron chi connectivity index (χ2n) is 10.2. The van der Waals surface area contributed by atoms with Gasteiger partial charge in [-0.15, -0.1) is 0 Å². The van der Waals surface area contributed by atoms with E-state index in [1.165, 1.54) is 0 Å². The van der Waals surface area contributed by atoms with Gasteiger partial charge in [-0.1, -0.05) is 19.9 Å². The fraction of sp³-hybridized carbons (Fsp3) is 0.481. The van der Waals surface area contributed by atoms with E-state index in [0.717, 1.165) is 53.9 Å². The monoisotopic (exact) mass is 449 g/mol. The summed E-state index contributed by atoms with van der Waals surface area (Å²) in [5.41, 5.74) is 5.27. The number of likely N-dealkylation sites (N-methyl/N-ethyl adjacent to an activating group) is 1. The van der Waals surface area contributed by atoms with Crippen LogP contribution in [0.15, 0.2) is 36.4 Å². The van der Waals surface area contributed by atoms with Crippen LogP contribution in [0.2, 0.25) is 0 Å². The summed E-state index contributed by atoms with van der Waals surface area (Å²) >= 11 is 0. The zero-order valence-electron chi connectivity index (χ0n) is 20.1. The number of aliphatic hydroxyl groups is 1. The minimum atomic E-state index is -0.371. The fourth-order valence-corrected chi connectivity index (χ4v) is 4.52. The zero-order valence-corrected chi connectivity index (χ0v) is 20.1. The van der Waals surface area contributed by atoms with Crippen LogP contribution in [-0.4, -0.2) is 61.0 Å². The van der Waals surface area contributed by atoms with E-state index in [0.29, 0.717) is 24.7 Å². The minimum absolute atomic E-state index is 0.0302. The van der Waals surface area contributed by atoms with Crippen molar-refractivity contribution < 1.29 is 14.7 Å². The van der Waals surface area contributed by atoms with E-state index in [-0.39, 0.29) is 23.7 Å². The van der Waals surface area contributed by atoms with Gasteiger partial charge in [0, 0.05) is 53.6 Å². The molecule has 0 spiro atoms. The first-order valence-electron chi connectivity index (χ1n) is 11.9. The maximum atomic E-state index is 12.7. The van der Waals surface area contributed by atoms with Gasteiger partial charge < -0.3 is 20.2 Å². The van der Waals surface area contributed by atoms with Crippen LogP contribution in [0.3, 0.4) is 0 Å². The van der Waals surface area contributed by atoms with Crippen LogP contribution >= 0.6 is 0 Å². The molecule has 6 nitrogen and oxygen atoms in total. The maximum Gasteiger partial charge on any atom is 0.251 e. The number of amides is 1. The number of Topliss-reactive ketones (excluding diaryl/α,β-unsaturated/α-hetero) is 1. The Kier molecular flexibility index (Phi) is 6.59. The lowest BCUT2D eigenvalue weighted by molar-refractivity contribution is 0.0863. The molecular formula is C27H35N3O3. The van der Waals surface area contributed by atoms with Crippen molar-refractivity contribution >= 4 is 23.1 Å². The van der Waals surface area contributed by atoms with E-state index in [2.05, 4.69) is 28.1 Å². The lowest BCUT2D eigenvalue weighted by Gasteiger charge is -2.29. The van der Waals surface area contributed by atoms with E-state index in [9.17, 15) is 14.7 Å². The maximum absolute atomic E-state index is 12.7. The number of carbonyl (C=O) groups is 2. The van der Waals surface area contributed by atoms with Gasteiger partial charge in [0.15, 0.2) is 5.78 Å². The number of carbonyl (C=O) groups excluding carboxylic acids is 2. The van der Waals surface area contributed by atoms with Crippen LogP contribution in [-0.2, 0) is 6.42 Å². The number of ketones is 1. The normalized spacial score (nSPS) is 16.7. The number of anilines is 2. The predicted molar refractivity (Wildman–Crippen MR) is 132 cm³/mol. The summed E-state index contributed by atoms with van der Waals surface area (Å²) in [6.45, 7) is 8.22. The van der Waals surface area contributed by atoms with Crippen LogP contribution < -0.4 is 10.2 Å². The Bertz CT molecular complexity index is 1060. The van der Waals surface area contributed by atoms with Crippen molar-refractivity contribution in [3.63, 3.8) is 0 Å². The highest BCUT2D eigenvalue weighted by Gasteiger charge is 2.37. The quantitative estimate of drug-likeness (QED) is 0.611. The van der Waals surface area contributed by atoms with Crippen molar-refractivity contribution in [1.82, 2.24) is 10.2 Å². The lowest BCUT2D eigenvalue weighted by atomic mass is 9.89. The van der Waals surface area contributed by atoms with Crippen LogP contribution in [0, 0.1) is 12.3 Å². The molecule has 0 atom stereocenters. The van der Waals surface area contributed by atoms with E-state index < -0.39 is 0 Å². The summed E-state index contributed by atoms with van der Waals surface area (Å²) in [4.78, 5) is 29.8. The zero-order chi connectivity index (χ0) is 23.8. The van der Waals surface area contributed by atoms with Gasteiger partial charge in [-0.3, -0.25) is 9.59 Å². The number of aliphatic hydroxyl groups excluding tert-OH is 1. The smallest absolute Gasteiger partial charge is 0.251 e. The Balaban J connectivity index is 1.69. The predicted octanol–water partition coefficient (Wildman–Crippen LogP) is 3.71. The molecule has 0 bridgehead atoms. The lowest BCUT2D eigenvalue weighted by Crippen LogP contribution is -2.32. The third kappa shape index (κ3) is 5.12. The van der Waals surface area contributed by atoms with Crippen molar-refractivity contribution in [1.29, 1.82) is 0 Å².